The standard InChI is InChI=1S/C9H14N2O2/c12-9(8-3-5-11-13-8)7-2-1-4-10-6-7/h3,5,7,9-10,12H,1-2,4,6H2. The molecule has 1 fully saturated rings. The third-order valence-corrected chi connectivity index (χ3v) is 2.53. The van der Waals surface area contributed by atoms with Crippen molar-refractivity contribution < 1.29 is 9.63 Å². The van der Waals surface area contributed by atoms with E-state index in [4.69, 9.17) is 4.52 Å². The first-order chi connectivity index (χ1) is 6.38. The highest BCUT2D eigenvalue weighted by Crippen LogP contribution is 2.26. The Labute approximate surface area is 76.9 Å². The minimum Gasteiger partial charge on any atom is -0.385 e. The van der Waals surface area contributed by atoms with Crippen molar-refractivity contribution in [2.45, 2.75) is 18.9 Å². The molecule has 4 nitrogen and oxygen atoms in total. The van der Waals surface area contributed by atoms with E-state index >= 15 is 0 Å². The predicted molar refractivity (Wildman–Crippen MR) is 47.1 cm³/mol. The van der Waals surface area contributed by atoms with E-state index in [2.05, 4.69) is 10.5 Å². The molecule has 0 amide bonds. The van der Waals surface area contributed by atoms with Crippen LogP contribution >= 0.6 is 0 Å². The predicted octanol–water partition coefficient (Wildman–Crippen LogP) is 0.708. The smallest absolute Gasteiger partial charge is 0.165 e. The maximum Gasteiger partial charge on any atom is 0.165 e. The number of aliphatic hydroxyl groups is 1. The van der Waals surface area contributed by atoms with Crippen LogP contribution in [-0.4, -0.2) is 23.4 Å². The Morgan fingerprint density at radius 2 is 2.62 bits per heavy atom. The molecular weight excluding hydrogens is 168 g/mol. The second-order valence-electron chi connectivity index (χ2n) is 3.47. The van der Waals surface area contributed by atoms with Crippen LogP contribution in [0.5, 0.6) is 0 Å². The van der Waals surface area contributed by atoms with E-state index < -0.39 is 6.10 Å². The molecule has 2 atom stereocenters. The normalized spacial score (nSPS) is 25.8. The van der Waals surface area contributed by atoms with Crippen molar-refractivity contribution in [3.63, 3.8) is 0 Å². The summed E-state index contributed by atoms with van der Waals surface area (Å²) in [5.41, 5.74) is 0. The lowest BCUT2D eigenvalue weighted by Crippen LogP contribution is -2.33. The molecule has 1 aromatic heterocycles. The number of rotatable bonds is 2. The summed E-state index contributed by atoms with van der Waals surface area (Å²) in [6, 6.07) is 1.72. The van der Waals surface area contributed by atoms with Crippen LogP contribution in [0.3, 0.4) is 0 Å². The van der Waals surface area contributed by atoms with Gasteiger partial charge >= 0.3 is 0 Å². The molecule has 0 aliphatic carbocycles. The van der Waals surface area contributed by atoms with Crippen LogP contribution in [0, 0.1) is 5.92 Å². The van der Waals surface area contributed by atoms with Crippen LogP contribution in [0.2, 0.25) is 0 Å². The number of aromatic nitrogens is 1. The average Bonchev–Trinajstić information content (AvgIpc) is 2.71. The lowest BCUT2D eigenvalue weighted by Gasteiger charge is -2.25. The van der Waals surface area contributed by atoms with Gasteiger partial charge in [-0.15, -0.1) is 0 Å². The van der Waals surface area contributed by atoms with Crippen LogP contribution in [0.25, 0.3) is 0 Å². The molecule has 0 aromatic carbocycles. The molecule has 72 valence electrons. The van der Waals surface area contributed by atoms with E-state index in [-0.39, 0.29) is 5.92 Å². The fraction of sp³-hybridized carbons (Fsp3) is 0.667. The fourth-order valence-corrected chi connectivity index (χ4v) is 1.76. The van der Waals surface area contributed by atoms with Gasteiger partial charge in [0.1, 0.15) is 6.10 Å². The zero-order valence-corrected chi connectivity index (χ0v) is 7.44. The summed E-state index contributed by atoms with van der Waals surface area (Å²) in [6.45, 7) is 1.92. The first-order valence-electron chi connectivity index (χ1n) is 4.67. The van der Waals surface area contributed by atoms with Crippen molar-refractivity contribution in [2.75, 3.05) is 13.1 Å². The fourth-order valence-electron chi connectivity index (χ4n) is 1.76. The highest BCUT2D eigenvalue weighted by Gasteiger charge is 2.25. The van der Waals surface area contributed by atoms with Crippen LogP contribution in [0.1, 0.15) is 24.7 Å². The summed E-state index contributed by atoms with van der Waals surface area (Å²) in [5, 5.41) is 16.7. The second kappa shape index (κ2) is 3.89. The molecule has 0 saturated carbocycles. The van der Waals surface area contributed by atoms with Gasteiger partial charge in [-0.2, -0.15) is 0 Å². The van der Waals surface area contributed by atoms with Crippen molar-refractivity contribution >= 4 is 0 Å². The molecule has 2 unspecified atom stereocenters. The summed E-state index contributed by atoms with van der Waals surface area (Å²) in [4.78, 5) is 0. The maximum absolute atomic E-state index is 9.86. The molecular formula is C9H14N2O2. The average molecular weight is 182 g/mol. The summed E-state index contributed by atoms with van der Waals surface area (Å²) < 4.78 is 4.92. The van der Waals surface area contributed by atoms with Crippen molar-refractivity contribution in [1.29, 1.82) is 0 Å². The number of hydrogen-bond donors (Lipinski definition) is 2. The summed E-state index contributed by atoms with van der Waals surface area (Å²) in [6.07, 6.45) is 3.23. The molecule has 0 spiro atoms. The summed E-state index contributed by atoms with van der Waals surface area (Å²) in [5.74, 6) is 0.843. The van der Waals surface area contributed by atoms with E-state index in [9.17, 15) is 5.11 Å². The zero-order chi connectivity index (χ0) is 9.10. The molecule has 1 aromatic rings. The van der Waals surface area contributed by atoms with Crippen molar-refractivity contribution in [3.8, 4) is 0 Å². The van der Waals surface area contributed by atoms with E-state index in [1.54, 1.807) is 12.3 Å². The minimum atomic E-state index is -0.504. The van der Waals surface area contributed by atoms with Gasteiger partial charge in [-0.1, -0.05) is 5.16 Å². The largest absolute Gasteiger partial charge is 0.385 e. The Kier molecular flexibility index (Phi) is 2.61. The second-order valence-corrected chi connectivity index (χ2v) is 3.47. The van der Waals surface area contributed by atoms with Crippen LogP contribution < -0.4 is 5.32 Å². The number of nitrogens with one attached hydrogen (secondary N) is 1. The molecule has 0 bridgehead atoms. The summed E-state index contributed by atoms with van der Waals surface area (Å²) >= 11 is 0. The van der Waals surface area contributed by atoms with Crippen molar-refractivity contribution in [3.05, 3.63) is 18.0 Å². The van der Waals surface area contributed by atoms with E-state index in [1.807, 2.05) is 0 Å². The topological polar surface area (TPSA) is 58.3 Å². The van der Waals surface area contributed by atoms with Gasteiger partial charge in [0.2, 0.25) is 0 Å². The quantitative estimate of drug-likeness (QED) is 0.707. The molecule has 4 heteroatoms. The third kappa shape index (κ3) is 1.89. The maximum atomic E-state index is 9.86. The molecule has 2 rings (SSSR count). The van der Waals surface area contributed by atoms with Crippen molar-refractivity contribution in [2.24, 2.45) is 5.92 Å². The molecule has 0 radical (unpaired) electrons. The molecule has 13 heavy (non-hydrogen) atoms. The van der Waals surface area contributed by atoms with Gasteiger partial charge in [0.15, 0.2) is 5.76 Å². The van der Waals surface area contributed by atoms with Gasteiger partial charge in [-0.05, 0) is 19.4 Å². The Hall–Kier alpha value is -0.870. The Balaban J connectivity index is 1.99. The van der Waals surface area contributed by atoms with E-state index in [1.165, 1.54) is 0 Å². The van der Waals surface area contributed by atoms with Gasteiger partial charge in [0, 0.05) is 18.5 Å². The highest BCUT2D eigenvalue weighted by molar-refractivity contribution is 5.00. The van der Waals surface area contributed by atoms with Crippen LogP contribution in [0.4, 0.5) is 0 Å². The molecule has 1 saturated heterocycles. The lowest BCUT2D eigenvalue weighted by molar-refractivity contribution is 0.0661. The van der Waals surface area contributed by atoms with Crippen LogP contribution in [-0.2, 0) is 0 Å². The summed E-state index contributed by atoms with van der Waals surface area (Å²) in [7, 11) is 0. The molecule has 2 heterocycles. The van der Waals surface area contributed by atoms with E-state index in [0.717, 1.165) is 25.9 Å². The Morgan fingerprint density at radius 3 is 3.23 bits per heavy atom. The third-order valence-electron chi connectivity index (χ3n) is 2.53. The first-order valence-corrected chi connectivity index (χ1v) is 4.67. The Bertz CT molecular complexity index is 242. The van der Waals surface area contributed by atoms with Crippen molar-refractivity contribution in [1.82, 2.24) is 10.5 Å². The zero-order valence-electron chi connectivity index (χ0n) is 7.44. The van der Waals surface area contributed by atoms with Gasteiger partial charge in [0.05, 0.1) is 6.20 Å². The van der Waals surface area contributed by atoms with E-state index in [0.29, 0.717) is 5.76 Å². The first kappa shape index (κ1) is 8.72. The number of nitrogens with zero attached hydrogens (tertiary/aromatic N) is 1. The Morgan fingerprint density at radius 1 is 1.69 bits per heavy atom. The monoisotopic (exact) mass is 182 g/mol. The van der Waals surface area contributed by atoms with Gasteiger partial charge in [-0.3, -0.25) is 0 Å². The molecule has 2 N–H and O–H groups in total. The van der Waals surface area contributed by atoms with Gasteiger partial charge in [-0.25, -0.2) is 0 Å². The molecule has 1 aliphatic rings. The number of hydrogen-bond acceptors (Lipinski definition) is 4. The minimum absolute atomic E-state index is 0.265. The SMILES string of the molecule is OC(c1ccno1)C1CCCNC1. The number of aliphatic hydroxyl groups excluding tert-OH is 1. The molecule has 1 aliphatic heterocycles. The highest BCUT2D eigenvalue weighted by atomic mass is 16.5. The van der Waals surface area contributed by atoms with Gasteiger partial charge in [0.25, 0.3) is 0 Å². The van der Waals surface area contributed by atoms with Gasteiger partial charge < -0.3 is 14.9 Å². The van der Waals surface area contributed by atoms with Crippen LogP contribution in [0.15, 0.2) is 16.8 Å². The number of piperidine rings is 1. The lowest BCUT2D eigenvalue weighted by atomic mass is 9.92.